The van der Waals surface area contributed by atoms with Crippen molar-refractivity contribution in [3.8, 4) is 0 Å². The van der Waals surface area contributed by atoms with E-state index in [9.17, 15) is 9.59 Å². The molecule has 0 amide bonds. The van der Waals surface area contributed by atoms with Crippen LogP contribution in [0.25, 0.3) is 0 Å². The maximum absolute atomic E-state index is 12.3. The zero-order valence-corrected chi connectivity index (χ0v) is 11.8. The van der Waals surface area contributed by atoms with E-state index in [4.69, 9.17) is 9.47 Å². The van der Waals surface area contributed by atoms with Crippen LogP contribution in [0.2, 0.25) is 0 Å². The molecule has 0 unspecified atom stereocenters. The fourth-order valence-electron chi connectivity index (χ4n) is 4.90. The SMILES string of the molecule is C[C@@]12CCC[C@]3(C)C4=CC(=O)OCC4=C[C@@H](OC1=O)[C@@H]23. The van der Waals surface area contributed by atoms with Crippen LogP contribution in [0.4, 0.5) is 0 Å². The second kappa shape index (κ2) is 3.54. The van der Waals surface area contributed by atoms with Crippen molar-refractivity contribution in [2.75, 3.05) is 6.61 Å². The summed E-state index contributed by atoms with van der Waals surface area (Å²) in [6, 6.07) is 0. The van der Waals surface area contributed by atoms with E-state index in [1.807, 2.05) is 13.0 Å². The molecule has 1 saturated heterocycles. The lowest BCUT2D eigenvalue weighted by atomic mass is 9.50. The summed E-state index contributed by atoms with van der Waals surface area (Å²) in [6.07, 6.45) is 6.33. The quantitative estimate of drug-likeness (QED) is 0.635. The predicted molar refractivity (Wildman–Crippen MR) is 70.6 cm³/mol. The molecule has 0 aromatic carbocycles. The normalized spacial score (nSPS) is 45.7. The molecule has 20 heavy (non-hydrogen) atoms. The van der Waals surface area contributed by atoms with Crippen molar-refractivity contribution in [3.05, 3.63) is 23.3 Å². The van der Waals surface area contributed by atoms with Gasteiger partial charge in [0.15, 0.2) is 0 Å². The van der Waals surface area contributed by atoms with E-state index in [2.05, 4.69) is 6.92 Å². The van der Waals surface area contributed by atoms with E-state index < -0.39 is 5.41 Å². The number of cyclic esters (lactones) is 1. The second-order valence-electron chi connectivity index (χ2n) is 6.89. The number of rotatable bonds is 0. The molecule has 2 heterocycles. The summed E-state index contributed by atoms with van der Waals surface area (Å²) in [4.78, 5) is 23.9. The molecule has 0 N–H and O–H groups in total. The van der Waals surface area contributed by atoms with Crippen LogP contribution in [-0.2, 0) is 19.1 Å². The molecule has 2 aliphatic carbocycles. The van der Waals surface area contributed by atoms with Crippen LogP contribution < -0.4 is 0 Å². The topological polar surface area (TPSA) is 52.6 Å². The third kappa shape index (κ3) is 1.27. The Bertz CT molecular complexity index is 587. The minimum atomic E-state index is -0.415. The Morgan fingerprint density at radius 3 is 2.75 bits per heavy atom. The molecule has 0 bridgehead atoms. The van der Waals surface area contributed by atoms with E-state index in [1.54, 1.807) is 6.08 Å². The van der Waals surface area contributed by atoms with E-state index in [0.717, 1.165) is 30.4 Å². The predicted octanol–water partition coefficient (Wildman–Crippen LogP) is 2.15. The molecule has 0 radical (unpaired) electrons. The van der Waals surface area contributed by atoms with Crippen LogP contribution in [0.5, 0.6) is 0 Å². The van der Waals surface area contributed by atoms with E-state index >= 15 is 0 Å². The fraction of sp³-hybridized carbons (Fsp3) is 0.625. The number of fused-ring (bicyclic) bond motifs is 2. The molecule has 2 fully saturated rings. The van der Waals surface area contributed by atoms with Gasteiger partial charge in [0.05, 0.1) is 5.41 Å². The maximum atomic E-state index is 12.3. The highest BCUT2D eigenvalue weighted by atomic mass is 16.6. The Kier molecular flexibility index (Phi) is 2.16. The van der Waals surface area contributed by atoms with E-state index in [-0.39, 0.29) is 29.4 Å². The van der Waals surface area contributed by atoms with Gasteiger partial charge in [-0.3, -0.25) is 4.79 Å². The van der Waals surface area contributed by atoms with Gasteiger partial charge in [0.2, 0.25) is 0 Å². The molecule has 4 rings (SSSR count). The summed E-state index contributed by atoms with van der Waals surface area (Å²) in [5.74, 6) is -0.215. The number of hydrogen-bond donors (Lipinski definition) is 0. The van der Waals surface area contributed by atoms with Gasteiger partial charge in [-0.15, -0.1) is 0 Å². The van der Waals surface area contributed by atoms with Gasteiger partial charge in [-0.25, -0.2) is 4.79 Å². The van der Waals surface area contributed by atoms with Crippen molar-refractivity contribution >= 4 is 11.9 Å². The molecule has 0 spiro atoms. The number of carbonyl (C=O) groups is 2. The Labute approximate surface area is 117 Å². The molecule has 0 aromatic heterocycles. The Hall–Kier alpha value is -1.58. The molecule has 2 aliphatic heterocycles. The number of carbonyl (C=O) groups excluding carboxylic acids is 2. The monoisotopic (exact) mass is 274 g/mol. The lowest BCUT2D eigenvalue weighted by Gasteiger charge is -2.51. The first-order valence-corrected chi connectivity index (χ1v) is 7.26. The minimum absolute atomic E-state index is 0.0817. The van der Waals surface area contributed by atoms with Crippen LogP contribution in [0.15, 0.2) is 23.3 Å². The van der Waals surface area contributed by atoms with Crippen LogP contribution in [-0.4, -0.2) is 24.6 Å². The summed E-state index contributed by atoms with van der Waals surface area (Å²) in [6.45, 7) is 4.51. The van der Waals surface area contributed by atoms with Crippen molar-refractivity contribution < 1.29 is 19.1 Å². The molecule has 0 aromatic rings. The highest BCUT2D eigenvalue weighted by Gasteiger charge is 2.64. The average Bonchev–Trinajstić information content (AvgIpc) is 2.64. The first-order valence-electron chi connectivity index (χ1n) is 7.26. The summed E-state index contributed by atoms with van der Waals surface area (Å²) in [5.41, 5.74) is 1.52. The van der Waals surface area contributed by atoms with Crippen LogP contribution in [0.1, 0.15) is 33.1 Å². The van der Waals surface area contributed by atoms with Crippen LogP contribution in [0, 0.1) is 16.7 Å². The lowest BCUT2D eigenvalue weighted by Crippen LogP contribution is -2.50. The first-order chi connectivity index (χ1) is 9.45. The smallest absolute Gasteiger partial charge is 0.331 e. The zero-order chi connectivity index (χ0) is 14.1. The number of esters is 2. The standard InChI is InChI=1S/C16H18O4/c1-15-4-3-5-16(2)13(15)11(20-14(16)18)6-9-8-19-12(17)7-10(9)15/h6-7,11,13H,3-5,8H2,1-2H3/t11-,13-,15-,16+/m1/s1. The highest BCUT2D eigenvalue weighted by Crippen LogP contribution is 2.63. The molecule has 4 atom stereocenters. The minimum Gasteiger partial charge on any atom is -0.458 e. The highest BCUT2D eigenvalue weighted by molar-refractivity contribution is 5.87. The largest absolute Gasteiger partial charge is 0.458 e. The molecule has 4 aliphatic rings. The van der Waals surface area contributed by atoms with Gasteiger partial charge in [-0.2, -0.15) is 0 Å². The Morgan fingerprint density at radius 1 is 1.20 bits per heavy atom. The van der Waals surface area contributed by atoms with Gasteiger partial charge < -0.3 is 9.47 Å². The number of ether oxygens (including phenoxy) is 2. The van der Waals surface area contributed by atoms with Gasteiger partial charge in [0, 0.05) is 17.4 Å². The molecule has 106 valence electrons. The maximum Gasteiger partial charge on any atom is 0.331 e. The van der Waals surface area contributed by atoms with Gasteiger partial charge in [0.25, 0.3) is 0 Å². The molecular weight excluding hydrogens is 256 g/mol. The van der Waals surface area contributed by atoms with E-state index in [0.29, 0.717) is 6.61 Å². The number of hydrogen-bond acceptors (Lipinski definition) is 4. The van der Waals surface area contributed by atoms with Crippen LogP contribution in [0.3, 0.4) is 0 Å². The van der Waals surface area contributed by atoms with Gasteiger partial charge in [0.1, 0.15) is 12.7 Å². The van der Waals surface area contributed by atoms with E-state index in [1.165, 1.54) is 0 Å². The first kappa shape index (κ1) is 12.2. The van der Waals surface area contributed by atoms with Gasteiger partial charge >= 0.3 is 11.9 Å². The second-order valence-corrected chi connectivity index (χ2v) is 6.89. The summed E-state index contributed by atoms with van der Waals surface area (Å²) < 4.78 is 10.7. The van der Waals surface area contributed by atoms with Crippen molar-refractivity contribution in [1.29, 1.82) is 0 Å². The van der Waals surface area contributed by atoms with Crippen LogP contribution >= 0.6 is 0 Å². The Morgan fingerprint density at radius 2 is 1.95 bits per heavy atom. The molecule has 4 heteroatoms. The average molecular weight is 274 g/mol. The summed E-state index contributed by atoms with van der Waals surface area (Å²) >= 11 is 0. The third-order valence-electron chi connectivity index (χ3n) is 5.76. The molecule has 1 saturated carbocycles. The van der Waals surface area contributed by atoms with Crippen molar-refractivity contribution in [2.45, 2.75) is 39.2 Å². The fourth-order valence-corrected chi connectivity index (χ4v) is 4.90. The van der Waals surface area contributed by atoms with Crippen molar-refractivity contribution in [3.63, 3.8) is 0 Å². The summed E-state index contributed by atoms with van der Waals surface area (Å²) in [5, 5.41) is 0. The lowest BCUT2D eigenvalue weighted by molar-refractivity contribution is -0.148. The molecule has 4 nitrogen and oxygen atoms in total. The summed E-state index contributed by atoms with van der Waals surface area (Å²) in [7, 11) is 0. The van der Waals surface area contributed by atoms with Crippen molar-refractivity contribution in [1.82, 2.24) is 0 Å². The van der Waals surface area contributed by atoms with Gasteiger partial charge in [-0.05, 0) is 37.0 Å². The Balaban J connectivity index is 1.93. The third-order valence-corrected chi connectivity index (χ3v) is 5.76. The van der Waals surface area contributed by atoms with Gasteiger partial charge in [-0.1, -0.05) is 13.3 Å². The molecular formula is C16H18O4. The van der Waals surface area contributed by atoms with Crippen molar-refractivity contribution in [2.24, 2.45) is 16.7 Å². The zero-order valence-electron chi connectivity index (χ0n) is 11.8.